The molecular formula is C19H20F3N3O2S. The lowest BCUT2D eigenvalue weighted by molar-refractivity contribution is -0.138. The molecule has 0 bridgehead atoms. The van der Waals surface area contributed by atoms with Gasteiger partial charge in [0.15, 0.2) is 0 Å². The Morgan fingerprint density at radius 2 is 1.79 bits per heavy atom. The van der Waals surface area contributed by atoms with Crippen molar-refractivity contribution in [2.45, 2.75) is 31.6 Å². The van der Waals surface area contributed by atoms with E-state index in [0.29, 0.717) is 17.3 Å². The molecule has 1 aromatic heterocycles. The molecule has 0 spiro atoms. The smallest absolute Gasteiger partial charge is 0.351 e. The molecule has 0 unspecified atom stereocenters. The molecule has 28 heavy (non-hydrogen) atoms. The first kappa shape index (κ1) is 21.7. The molecular weight excluding hydrogens is 391 g/mol. The largest absolute Gasteiger partial charge is 0.417 e. The van der Waals surface area contributed by atoms with Gasteiger partial charge in [-0.1, -0.05) is 37.7 Å². The number of hydrogen-bond acceptors (Lipinski definition) is 4. The molecule has 0 saturated carbocycles. The predicted octanol–water partition coefficient (Wildman–Crippen LogP) is 4.10. The fourth-order valence-corrected chi connectivity index (χ4v) is 2.69. The Labute approximate surface area is 165 Å². The first-order chi connectivity index (χ1) is 13.1. The number of hydrogen-bond donors (Lipinski definition) is 2. The van der Waals surface area contributed by atoms with Gasteiger partial charge in [-0.25, -0.2) is 4.98 Å². The van der Waals surface area contributed by atoms with Gasteiger partial charge in [0.05, 0.1) is 16.3 Å². The normalized spacial score (nSPS) is 11.4. The molecule has 0 radical (unpaired) electrons. The highest BCUT2D eigenvalue weighted by Crippen LogP contribution is 2.29. The number of thioether (sulfide) groups is 1. The summed E-state index contributed by atoms with van der Waals surface area (Å²) < 4.78 is 37.5. The molecule has 2 aromatic rings. The zero-order chi connectivity index (χ0) is 20.7. The maximum Gasteiger partial charge on any atom is 0.417 e. The Balaban J connectivity index is 1.77. The third-order valence-corrected chi connectivity index (χ3v) is 4.59. The van der Waals surface area contributed by atoms with Crippen molar-refractivity contribution in [3.63, 3.8) is 0 Å². The van der Waals surface area contributed by atoms with Gasteiger partial charge in [-0.15, -0.1) is 0 Å². The molecule has 0 aliphatic rings. The number of amides is 2. The van der Waals surface area contributed by atoms with Gasteiger partial charge in [-0.2, -0.15) is 13.2 Å². The first-order valence-electron chi connectivity index (χ1n) is 8.47. The average Bonchev–Trinajstić information content (AvgIpc) is 2.65. The number of nitrogens with zero attached hydrogens (tertiary/aromatic N) is 1. The highest BCUT2D eigenvalue weighted by molar-refractivity contribution is 7.99. The molecule has 0 aliphatic carbocycles. The van der Waals surface area contributed by atoms with Crippen LogP contribution in [-0.4, -0.2) is 22.6 Å². The summed E-state index contributed by atoms with van der Waals surface area (Å²) in [4.78, 5) is 27.3. The Morgan fingerprint density at radius 1 is 1.11 bits per heavy atom. The predicted molar refractivity (Wildman–Crippen MR) is 102 cm³/mol. The molecule has 0 saturated heterocycles. The van der Waals surface area contributed by atoms with Crippen LogP contribution < -0.4 is 10.6 Å². The second kappa shape index (κ2) is 9.59. The number of halogens is 3. The van der Waals surface area contributed by atoms with E-state index in [2.05, 4.69) is 15.6 Å². The Hall–Kier alpha value is -2.55. The van der Waals surface area contributed by atoms with E-state index in [1.807, 2.05) is 0 Å². The van der Waals surface area contributed by atoms with Crippen LogP contribution in [0.4, 0.5) is 18.9 Å². The SMILES string of the molecule is CC(C)C(=O)Nc1ccc(CNC(=O)CSc2ccc(C(F)(F)F)cn2)cc1. The number of carbonyl (C=O) groups is 2. The maximum atomic E-state index is 12.5. The first-order valence-corrected chi connectivity index (χ1v) is 9.46. The van der Waals surface area contributed by atoms with Gasteiger partial charge in [-0.05, 0) is 29.8 Å². The van der Waals surface area contributed by atoms with Crippen molar-refractivity contribution in [2.75, 3.05) is 11.1 Å². The third kappa shape index (κ3) is 6.88. The van der Waals surface area contributed by atoms with E-state index in [4.69, 9.17) is 0 Å². The number of rotatable bonds is 7. The quantitative estimate of drug-likeness (QED) is 0.673. The lowest BCUT2D eigenvalue weighted by Crippen LogP contribution is -2.24. The van der Waals surface area contributed by atoms with E-state index in [-0.39, 0.29) is 23.5 Å². The zero-order valence-corrected chi connectivity index (χ0v) is 16.2. The summed E-state index contributed by atoms with van der Waals surface area (Å²) in [6.45, 7) is 3.91. The minimum Gasteiger partial charge on any atom is -0.351 e. The number of anilines is 1. The monoisotopic (exact) mass is 411 g/mol. The minimum atomic E-state index is -4.43. The third-order valence-electron chi connectivity index (χ3n) is 3.65. The van der Waals surface area contributed by atoms with Crippen molar-refractivity contribution in [3.05, 3.63) is 53.7 Å². The van der Waals surface area contributed by atoms with Crippen molar-refractivity contribution in [1.29, 1.82) is 0 Å². The van der Waals surface area contributed by atoms with Gasteiger partial charge in [0.2, 0.25) is 11.8 Å². The summed E-state index contributed by atoms with van der Waals surface area (Å²) in [6, 6.07) is 9.27. The van der Waals surface area contributed by atoms with Gasteiger partial charge in [-0.3, -0.25) is 9.59 Å². The number of pyridine rings is 1. The number of benzene rings is 1. The van der Waals surface area contributed by atoms with Crippen LogP contribution in [0.25, 0.3) is 0 Å². The second-order valence-electron chi connectivity index (χ2n) is 6.29. The molecule has 2 rings (SSSR count). The Morgan fingerprint density at radius 3 is 2.32 bits per heavy atom. The van der Waals surface area contributed by atoms with Crippen LogP contribution in [0.2, 0.25) is 0 Å². The topological polar surface area (TPSA) is 71.1 Å². The van der Waals surface area contributed by atoms with Crippen LogP contribution in [0.1, 0.15) is 25.0 Å². The Kier molecular flexibility index (Phi) is 7.45. The van der Waals surface area contributed by atoms with Crippen LogP contribution in [0, 0.1) is 5.92 Å². The summed E-state index contributed by atoms with van der Waals surface area (Å²) in [5, 5.41) is 5.85. The summed E-state index contributed by atoms with van der Waals surface area (Å²) >= 11 is 1.06. The van der Waals surface area contributed by atoms with E-state index in [1.54, 1.807) is 38.1 Å². The number of nitrogens with one attached hydrogen (secondary N) is 2. The molecule has 0 aliphatic heterocycles. The molecule has 9 heteroatoms. The lowest BCUT2D eigenvalue weighted by Gasteiger charge is -2.09. The molecule has 2 N–H and O–H groups in total. The van der Waals surface area contributed by atoms with Crippen molar-refractivity contribution in [3.8, 4) is 0 Å². The summed E-state index contributed by atoms with van der Waals surface area (Å²) in [5.74, 6) is -0.407. The van der Waals surface area contributed by atoms with E-state index >= 15 is 0 Å². The molecule has 1 heterocycles. The van der Waals surface area contributed by atoms with Crippen LogP contribution >= 0.6 is 11.8 Å². The lowest BCUT2D eigenvalue weighted by atomic mass is 10.1. The molecule has 5 nitrogen and oxygen atoms in total. The average molecular weight is 411 g/mol. The number of carbonyl (C=O) groups excluding carboxylic acids is 2. The minimum absolute atomic E-state index is 0.0426. The van der Waals surface area contributed by atoms with Crippen LogP contribution in [-0.2, 0) is 22.3 Å². The van der Waals surface area contributed by atoms with Gasteiger partial charge in [0, 0.05) is 24.3 Å². The number of alkyl halides is 3. The van der Waals surface area contributed by atoms with Crippen molar-refractivity contribution in [2.24, 2.45) is 5.92 Å². The standard InChI is InChI=1S/C19H20F3N3O2S/c1-12(2)18(27)25-15-6-3-13(4-7-15)9-23-16(26)11-28-17-8-5-14(10-24-17)19(20,21)22/h3-8,10,12H,9,11H2,1-2H3,(H,23,26)(H,25,27). The summed E-state index contributed by atoms with van der Waals surface area (Å²) in [7, 11) is 0. The fourth-order valence-electron chi connectivity index (χ4n) is 2.02. The highest BCUT2D eigenvalue weighted by Gasteiger charge is 2.30. The fraction of sp³-hybridized carbons (Fsp3) is 0.316. The van der Waals surface area contributed by atoms with Crippen LogP contribution in [0.3, 0.4) is 0 Å². The van der Waals surface area contributed by atoms with Gasteiger partial charge in [0.25, 0.3) is 0 Å². The Bertz CT molecular complexity index is 807. The summed E-state index contributed by atoms with van der Waals surface area (Å²) in [6.07, 6.45) is -3.68. The molecule has 0 fully saturated rings. The van der Waals surface area contributed by atoms with Gasteiger partial charge >= 0.3 is 6.18 Å². The van der Waals surface area contributed by atoms with Crippen molar-refractivity contribution >= 4 is 29.3 Å². The van der Waals surface area contributed by atoms with Crippen molar-refractivity contribution < 1.29 is 22.8 Å². The molecule has 0 atom stereocenters. The van der Waals surface area contributed by atoms with E-state index in [1.165, 1.54) is 6.07 Å². The maximum absolute atomic E-state index is 12.5. The van der Waals surface area contributed by atoms with Gasteiger partial charge in [0.1, 0.15) is 0 Å². The van der Waals surface area contributed by atoms with Crippen LogP contribution in [0.5, 0.6) is 0 Å². The number of aromatic nitrogens is 1. The van der Waals surface area contributed by atoms with E-state index in [9.17, 15) is 22.8 Å². The molecule has 2 amide bonds. The van der Waals surface area contributed by atoms with E-state index < -0.39 is 11.7 Å². The van der Waals surface area contributed by atoms with Crippen LogP contribution in [0.15, 0.2) is 47.6 Å². The highest BCUT2D eigenvalue weighted by atomic mass is 32.2. The van der Waals surface area contributed by atoms with E-state index in [0.717, 1.165) is 29.6 Å². The van der Waals surface area contributed by atoms with Crippen molar-refractivity contribution in [1.82, 2.24) is 10.3 Å². The molecule has 1 aromatic carbocycles. The van der Waals surface area contributed by atoms with Gasteiger partial charge < -0.3 is 10.6 Å². The summed E-state index contributed by atoms with van der Waals surface area (Å²) in [5.41, 5.74) is 0.709. The molecule has 150 valence electrons. The zero-order valence-electron chi connectivity index (χ0n) is 15.3. The second-order valence-corrected chi connectivity index (χ2v) is 7.28.